The topological polar surface area (TPSA) is 36.9 Å². The van der Waals surface area contributed by atoms with E-state index in [0.29, 0.717) is 11.6 Å². The Balaban J connectivity index is 1.89. The predicted molar refractivity (Wildman–Crippen MR) is 109 cm³/mol. The van der Waals surface area contributed by atoms with Crippen LogP contribution in [0.4, 0.5) is 32.0 Å². The molecule has 0 bridgehead atoms. The first-order valence-electron chi connectivity index (χ1n) is 9.75. The summed E-state index contributed by atoms with van der Waals surface area (Å²) >= 11 is 5.56. The molecular weight excluding hydrogens is 460 g/mol. The fourth-order valence-electron chi connectivity index (χ4n) is 3.23. The fourth-order valence-corrected chi connectivity index (χ4v) is 3.45. The molecule has 0 saturated carbocycles. The van der Waals surface area contributed by atoms with E-state index < -0.39 is 40.0 Å². The first-order valence-corrected chi connectivity index (χ1v) is 10.1. The van der Waals surface area contributed by atoms with E-state index in [4.69, 9.17) is 16.3 Å². The van der Waals surface area contributed by atoms with Gasteiger partial charge in [0.2, 0.25) is 0 Å². The lowest BCUT2D eigenvalue weighted by atomic mass is 10.1. The highest BCUT2D eigenvalue weighted by atomic mass is 35.5. The molecule has 0 aromatic heterocycles. The maximum atomic E-state index is 13.7. The molecule has 2 aromatic rings. The molecule has 1 aliphatic rings. The molecule has 1 heterocycles. The van der Waals surface area contributed by atoms with E-state index in [2.05, 4.69) is 10.4 Å². The first-order chi connectivity index (χ1) is 14.9. The third-order valence-electron chi connectivity index (χ3n) is 4.87. The van der Waals surface area contributed by atoms with Gasteiger partial charge < -0.3 is 10.2 Å². The van der Waals surface area contributed by atoms with Crippen molar-refractivity contribution in [1.82, 2.24) is 10.4 Å². The Morgan fingerprint density at radius 2 is 1.62 bits per heavy atom. The van der Waals surface area contributed by atoms with Gasteiger partial charge in [0.25, 0.3) is 0 Å². The van der Waals surface area contributed by atoms with E-state index in [1.807, 2.05) is 5.01 Å². The normalized spacial score (nSPS) is 15.9. The van der Waals surface area contributed by atoms with Crippen LogP contribution >= 0.6 is 11.6 Å². The molecule has 0 atom stereocenters. The molecule has 0 spiro atoms. The smallest absolute Gasteiger partial charge is 0.420 e. The quantitative estimate of drug-likeness (QED) is 0.281. The van der Waals surface area contributed by atoms with E-state index in [9.17, 15) is 26.3 Å². The Morgan fingerprint density at radius 3 is 2.25 bits per heavy atom. The number of hydrogen-bond donors (Lipinski definition) is 1. The molecule has 3 rings (SSSR count). The van der Waals surface area contributed by atoms with Crippen molar-refractivity contribution in [2.75, 3.05) is 13.1 Å². The van der Waals surface area contributed by atoms with Crippen molar-refractivity contribution < 1.29 is 31.1 Å². The Kier molecular flexibility index (Phi) is 7.24. The van der Waals surface area contributed by atoms with Crippen LogP contribution in [-0.4, -0.2) is 24.4 Å². The van der Waals surface area contributed by atoms with Gasteiger partial charge in [-0.25, -0.2) is 10.0 Å². The highest BCUT2D eigenvalue weighted by Gasteiger charge is 2.36. The first kappa shape index (κ1) is 24.2. The van der Waals surface area contributed by atoms with Crippen molar-refractivity contribution in [3.8, 4) is 11.5 Å². The summed E-state index contributed by atoms with van der Waals surface area (Å²) in [6, 6.07) is 4.46. The third kappa shape index (κ3) is 6.07. The lowest BCUT2D eigenvalue weighted by Gasteiger charge is -2.25. The summed E-state index contributed by atoms with van der Waals surface area (Å²) in [5, 5.41) is 1.34. The average Bonchev–Trinajstić information content (AvgIpc) is 2.70. The average molecular weight is 480 g/mol. The number of hydrazine groups is 1. The standard InChI is InChI=1S/C21H20ClF6N3O/c1-13-9-19(32-14-5-6-17(22)15(10-14)20(23,24)25)16(21(26,27)28)11-18(13)29-12-30-31-7-3-2-4-8-31/h5-6,9-12H,2-4,7-8H2,1H3,(H,29,30). The number of halogens is 7. The zero-order valence-corrected chi connectivity index (χ0v) is 17.7. The third-order valence-corrected chi connectivity index (χ3v) is 5.20. The van der Waals surface area contributed by atoms with Gasteiger partial charge in [-0.05, 0) is 55.7 Å². The van der Waals surface area contributed by atoms with Crippen molar-refractivity contribution in [3.63, 3.8) is 0 Å². The summed E-state index contributed by atoms with van der Waals surface area (Å²) in [6.07, 6.45) is -5.10. The van der Waals surface area contributed by atoms with Crippen LogP contribution in [-0.2, 0) is 12.4 Å². The number of rotatable bonds is 5. The highest BCUT2D eigenvalue weighted by Crippen LogP contribution is 2.43. The van der Waals surface area contributed by atoms with Crippen molar-refractivity contribution in [2.24, 2.45) is 4.99 Å². The maximum Gasteiger partial charge on any atom is 0.420 e. The van der Waals surface area contributed by atoms with Crippen LogP contribution < -0.4 is 10.2 Å². The monoisotopic (exact) mass is 479 g/mol. The Hall–Kier alpha value is -2.46. The summed E-state index contributed by atoms with van der Waals surface area (Å²) in [6.45, 7) is 3.16. The Labute approximate surface area is 185 Å². The van der Waals surface area contributed by atoms with Gasteiger partial charge in [-0.15, -0.1) is 0 Å². The van der Waals surface area contributed by atoms with Gasteiger partial charge in [0.15, 0.2) is 0 Å². The van der Waals surface area contributed by atoms with Crippen molar-refractivity contribution in [2.45, 2.75) is 38.5 Å². The van der Waals surface area contributed by atoms with Crippen LogP contribution in [0.5, 0.6) is 11.5 Å². The molecule has 1 N–H and O–H groups in total. The van der Waals surface area contributed by atoms with Crippen molar-refractivity contribution in [3.05, 3.63) is 52.0 Å². The van der Waals surface area contributed by atoms with Gasteiger partial charge in [-0.1, -0.05) is 18.0 Å². The zero-order valence-electron chi connectivity index (χ0n) is 16.9. The lowest BCUT2D eigenvalue weighted by molar-refractivity contribution is -0.139. The highest BCUT2D eigenvalue weighted by molar-refractivity contribution is 6.31. The summed E-state index contributed by atoms with van der Waals surface area (Å²) in [7, 11) is 0. The second-order valence-electron chi connectivity index (χ2n) is 7.31. The van der Waals surface area contributed by atoms with Crippen molar-refractivity contribution >= 4 is 23.6 Å². The second-order valence-corrected chi connectivity index (χ2v) is 7.72. The largest absolute Gasteiger partial charge is 0.457 e. The number of aryl methyl sites for hydroxylation is 1. The summed E-state index contributed by atoms with van der Waals surface area (Å²) < 4.78 is 85.3. The number of nitrogens with one attached hydrogen (secondary N) is 1. The molecular formula is C21H20ClF6N3O. The van der Waals surface area contributed by atoms with Gasteiger partial charge in [0.05, 0.1) is 16.3 Å². The molecule has 1 saturated heterocycles. The van der Waals surface area contributed by atoms with Gasteiger partial charge in [0.1, 0.15) is 23.4 Å². The summed E-state index contributed by atoms with van der Waals surface area (Å²) in [5.41, 5.74) is 1.00. The van der Waals surface area contributed by atoms with Gasteiger partial charge in [-0.2, -0.15) is 26.3 Å². The molecule has 32 heavy (non-hydrogen) atoms. The van der Waals surface area contributed by atoms with E-state index in [1.54, 1.807) is 0 Å². The minimum absolute atomic E-state index is 0.0567. The number of aliphatic imine (C=N–C) groups is 1. The molecule has 0 aliphatic carbocycles. The van der Waals surface area contributed by atoms with Gasteiger partial charge in [-0.3, -0.25) is 0 Å². The summed E-state index contributed by atoms with van der Waals surface area (Å²) in [4.78, 5) is 4.08. The van der Waals surface area contributed by atoms with Crippen molar-refractivity contribution in [1.29, 1.82) is 0 Å². The summed E-state index contributed by atoms with van der Waals surface area (Å²) in [5.74, 6) is -1.05. The number of hydrogen-bond acceptors (Lipinski definition) is 3. The molecule has 2 aromatic carbocycles. The zero-order chi connectivity index (χ0) is 23.5. The minimum Gasteiger partial charge on any atom is -0.457 e. The SMILES string of the molecule is Cc1cc(Oc2ccc(Cl)c(C(F)(F)F)c2)c(C(F)(F)F)cc1/N=C/NN1CCCCC1. The van der Waals surface area contributed by atoms with Crippen LogP contribution in [0.1, 0.15) is 36.0 Å². The molecule has 4 nitrogen and oxygen atoms in total. The molecule has 0 amide bonds. The molecule has 1 fully saturated rings. The number of benzene rings is 2. The van der Waals surface area contributed by atoms with Crippen LogP contribution in [0.3, 0.4) is 0 Å². The number of ether oxygens (including phenoxy) is 1. The Morgan fingerprint density at radius 1 is 0.969 bits per heavy atom. The van der Waals surface area contributed by atoms with E-state index in [1.165, 1.54) is 13.3 Å². The number of piperidine rings is 1. The van der Waals surface area contributed by atoms with E-state index in [0.717, 1.165) is 56.6 Å². The molecule has 1 aliphatic heterocycles. The Bertz CT molecular complexity index is 985. The lowest BCUT2D eigenvalue weighted by Crippen LogP contribution is -2.40. The predicted octanol–water partition coefficient (Wildman–Crippen LogP) is 7.13. The molecule has 11 heteroatoms. The van der Waals surface area contributed by atoms with Gasteiger partial charge in [0, 0.05) is 13.1 Å². The van der Waals surface area contributed by atoms with Crippen LogP contribution in [0.25, 0.3) is 0 Å². The van der Waals surface area contributed by atoms with Gasteiger partial charge >= 0.3 is 12.4 Å². The fraction of sp³-hybridized carbons (Fsp3) is 0.381. The number of alkyl halides is 6. The molecule has 0 unspecified atom stereocenters. The van der Waals surface area contributed by atoms with Crippen LogP contribution in [0, 0.1) is 6.92 Å². The van der Waals surface area contributed by atoms with Crippen LogP contribution in [0.2, 0.25) is 5.02 Å². The molecule has 0 radical (unpaired) electrons. The van der Waals surface area contributed by atoms with E-state index in [-0.39, 0.29) is 5.69 Å². The second kappa shape index (κ2) is 9.58. The van der Waals surface area contributed by atoms with E-state index >= 15 is 0 Å². The maximum absolute atomic E-state index is 13.7. The minimum atomic E-state index is -4.81. The number of nitrogens with zero attached hydrogens (tertiary/aromatic N) is 2. The molecule has 174 valence electrons. The van der Waals surface area contributed by atoms with Crippen LogP contribution in [0.15, 0.2) is 35.3 Å².